The van der Waals surface area contributed by atoms with Crippen molar-refractivity contribution in [2.45, 2.75) is 6.42 Å². The van der Waals surface area contributed by atoms with Crippen molar-refractivity contribution in [3.05, 3.63) is 101 Å². The Balaban J connectivity index is 1.62. The Hall–Kier alpha value is -5.37. The van der Waals surface area contributed by atoms with Crippen molar-refractivity contribution < 1.29 is 29.4 Å². The van der Waals surface area contributed by atoms with Crippen LogP contribution in [0.4, 0.5) is 0 Å². The molecule has 0 saturated carbocycles. The highest BCUT2D eigenvalue weighted by Gasteiger charge is 2.24. The summed E-state index contributed by atoms with van der Waals surface area (Å²) in [5, 5.41) is 27.2. The van der Waals surface area contributed by atoms with Gasteiger partial charge in [0.15, 0.2) is 6.29 Å². The number of nitrogens with zero attached hydrogens (tertiary/aromatic N) is 1. The highest BCUT2D eigenvalue weighted by atomic mass is 16.4. The number of amides is 1. The Bertz CT molecular complexity index is 1960. The van der Waals surface area contributed by atoms with E-state index in [4.69, 9.17) is 0 Å². The molecule has 0 aliphatic heterocycles. The molecule has 0 spiro atoms. The number of carboxylic acid groups (broad SMARTS) is 2. The third-order valence-corrected chi connectivity index (χ3v) is 7.19. The number of aromatic carboxylic acids is 2. The Morgan fingerprint density at radius 2 is 1.28 bits per heavy atom. The predicted octanol–water partition coefficient (Wildman–Crippen LogP) is 5.31. The van der Waals surface area contributed by atoms with Gasteiger partial charge in [-0.1, -0.05) is 36.4 Å². The van der Waals surface area contributed by atoms with Crippen LogP contribution < -0.4 is 5.32 Å². The number of aromatic nitrogens is 1. The lowest BCUT2D eigenvalue weighted by Crippen LogP contribution is -2.26. The molecule has 1 aromatic heterocycles. The second-order valence-corrected chi connectivity index (χ2v) is 9.28. The average molecular weight is 517 g/mol. The molecule has 5 aromatic carbocycles. The number of carbonyl (C=O) groups excluding carboxylic acids is 2. The fourth-order valence-corrected chi connectivity index (χ4v) is 5.52. The maximum Gasteiger partial charge on any atom is 0.336 e. The number of carbonyl (C=O) groups is 4. The molecule has 0 aliphatic carbocycles. The van der Waals surface area contributed by atoms with Crippen molar-refractivity contribution in [1.29, 1.82) is 0 Å². The highest BCUT2D eigenvalue weighted by Crippen LogP contribution is 2.43. The molecule has 0 saturated heterocycles. The van der Waals surface area contributed by atoms with Gasteiger partial charge in [-0.15, -0.1) is 0 Å². The van der Waals surface area contributed by atoms with Crippen LogP contribution in [0.3, 0.4) is 0 Å². The molecular weight excluding hydrogens is 496 g/mol. The summed E-state index contributed by atoms with van der Waals surface area (Å²) in [6.45, 7) is 0.338. The van der Waals surface area contributed by atoms with Crippen molar-refractivity contribution in [2.75, 3.05) is 6.54 Å². The van der Waals surface area contributed by atoms with E-state index < -0.39 is 17.8 Å². The molecule has 0 aliphatic rings. The minimum atomic E-state index is -1.17. The van der Waals surface area contributed by atoms with Crippen LogP contribution in [0.5, 0.6) is 0 Å². The topological polar surface area (TPSA) is 134 Å². The number of fused-ring (bicyclic) bond motifs is 2. The first-order valence-electron chi connectivity index (χ1n) is 12.2. The van der Waals surface area contributed by atoms with Gasteiger partial charge in [-0.05, 0) is 68.6 Å². The molecule has 8 heteroatoms. The van der Waals surface area contributed by atoms with Gasteiger partial charge in [0.2, 0.25) is 0 Å². The van der Waals surface area contributed by atoms with Gasteiger partial charge < -0.3 is 15.5 Å². The number of rotatable bonds is 7. The zero-order valence-electron chi connectivity index (χ0n) is 20.4. The first-order chi connectivity index (χ1) is 18.9. The molecule has 3 N–H and O–H groups in total. The molecule has 1 heterocycles. The number of hydrogen-bond donors (Lipinski definition) is 3. The molecular formula is C31H20N2O6. The number of hydrogen-bond acceptors (Lipinski definition) is 5. The maximum absolute atomic E-state index is 13.4. The van der Waals surface area contributed by atoms with Crippen LogP contribution in [0, 0.1) is 0 Å². The van der Waals surface area contributed by atoms with Crippen LogP contribution in [0.1, 0.15) is 47.0 Å². The van der Waals surface area contributed by atoms with Gasteiger partial charge in [-0.25, -0.2) is 9.59 Å². The quantitative estimate of drug-likeness (QED) is 0.149. The molecule has 6 aromatic rings. The Morgan fingerprint density at radius 3 is 1.85 bits per heavy atom. The first-order valence-corrected chi connectivity index (χ1v) is 12.2. The molecule has 0 atom stereocenters. The van der Waals surface area contributed by atoms with Crippen LogP contribution >= 0.6 is 0 Å². The molecule has 190 valence electrons. The Labute approximate surface area is 220 Å². The van der Waals surface area contributed by atoms with Crippen LogP contribution in [0.15, 0.2) is 73.1 Å². The average Bonchev–Trinajstić information content (AvgIpc) is 2.95. The van der Waals surface area contributed by atoms with E-state index in [0.29, 0.717) is 62.3 Å². The van der Waals surface area contributed by atoms with Gasteiger partial charge >= 0.3 is 11.9 Å². The lowest BCUT2D eigenvalue weighted by atomic mass is 9.84. The number of carboxylic acids is 2. The van der Waals surface area contributed by atoms with Crippen molar-refractivity contribution in [3.8, 4) is 0 Å². The molecule has 0 unspecified atom stereocenters. The summed E-state index contributed by atoms with van der Waals surface area (Å²) >= 11 is 0. The molecule has 0 fully saturated rings. The molecule has 39 heavy (non-hydrogen) atoms. The second-order valence-electron chi connectivity index (χ2n) is 9.28. The summed E-state index contributed by atoms with van der Waals surface area (Å²) in [5.41, 5.74) is 1.43. The van der Waals surface area contributed by atoms with E-state index in [0.717, 1.165) is 5.56 Å². The number of pyridine rings is 1. The van der Waals surface area contributed by atoms with E-state index in [1.54, 1.807) is 48.8 Å². The van der Waals surface area contributed by atoms with E-state index >= 15 is 0 Å². The normalized spacial score (nSPS) is 11.4. The van der Waals surface area contributed by atoms with E-state index in [2.05, 4.69) is 10.3 Å². The SMILES string of the molecule is O=Cc1ccc2c3ccc(C(=O)O)c4c(C(=O)NCCc5cccnc5)ccc(c5ccc(C(=O)O)c1c25)c43. The summed E-state index contributed by atoms with van der Waals surface area (Å²) in [6, 6.07) is 16.6. The first kappa shape index (κ1) is 24.0. The number of aldehydes is 1. The highest BCUT2D eigenvalue weighted by molar-refractivity contribution is 6.37. The smallest absolute Gasteiger partial charge is 0.336 e. The van der Waals surface area contributed by atoms with Crippen LogP contribution in [-0.2, 0) is 6.42 Å². The van der Waals surface area contributed by atoms with E-state index in [1.165, 1.54) is 12.1 Å². The van der Waals surface area contributed by atoms with E-state index in [9.17, 15) is 29.4 Å². The fraction of sp³-hybridized carbons (Fsp3) is 0.0645. The van der Waals surface area contributed by atoms with Crippen LogP contribution in [-0.4, -0.2) is 45.9 Å². The van der Waals surface area contributed by atoms with Crippen LogP contribution in [0.2, 0.25) is 0 Å². The van der Waals surface area contributed by atoms with Crippen molar-refractivity contribution >= 4 is 67.2 Å². The van der Waals surface area contributed by atoms with Crippen molar-refractivity contribution in [2.24, 2.45) is 0 Å². The minimum Gasteiger partial charge on any atom is -0.478 e. The summed E-state index contributed by atoms with van der Waals surface area (Å²) in [7, 11) is 0. The predicted molar refractivity (Wildman–Crippen MR) is 147 cm³/mol. The lowest BCUT2D eigenvalue weighted by molar-refractivity contribution is 0.0688. The zero-order valence-corrected chi connectivity index (χ0v) is 20.4. The third-order valence-electron chi connectivity index (χ3n) is 7.19. The summed E-state index contributed by atoms with van der Waals surface area (Å²) in [5.74, 6) is -2.73. The summed E-state index contributed by atoms with van der Waals surface area (Å²) in [6.07, 6.45) is 4.59. The van der Waals surface area contributed by atoms with Crippen molar-refractivity contribution in [3.63, 3.8) is 0 Å². The third kappa shape index (κ3) is 3.73. The molecule has 1 amide bonds. The van der Waals surface area contributed by atoms with Gasteiger partial charge in [0.1, 0.15) is 0 Å². The standard InChI is InChI=1S/C31H20N2O6/c34-15-17-3-4-18-21-7-10-24(31(38)39)28-22(29(35)33-13-11-16-2-1-12-32-14-16)8-5-20(27(21)28)19-6-9-23(30(36)37)25(17)26(18)19/h1-10,12,14-15H,11,13H2,(H,33,35)(H,36,37)(H,38,39). The summed E-state index contributed by atoms with van der Waals surface area (Å²) in [4.78, 5) is 53.7. The molecule has 0 bridgehead atoms. The van der Waals surface area contributed by atoms with Crippen LogP contribution in [0.25, 0.3) is 43.1 Å². The molecule has 8 nitrogen and oxygen atoms in total. The summed E-state index contributed by atoms with van der Waals surface area (Å²) < 4.78 is 0. The fourth-order valence-electron chi connectivity index (χ4n) is 5.52. The van der Waals surface area contributed by atoms with Gasteiger partial charge in [0.25, 0.3) is 5.91 Å². The van der Waals surface area contributed by atoms with E-state index in [1.807, 2.05) is 12.1 Å². The Morgan fingerprint density at radius 1 is 0.718 bits per heavy atom. The van der Waals surface area contributed by atoms with Crippen molar-refractivity contribution in [1.82, 2.24) is 10.3 Å². The number of nitrogens with one attached hydrogen (secondary N) is 1. The van der Waals surface area contributed by atoms with Gasteiger partial charge in [0.05, 0.1) is 11.1 Å². The lowest BCUT2D eigenvalue weighted by Gasteiger charge is -2.19. The Kier molecular flexibility index (Phi) is 5.65. The maximum atomic E-state index is 13.4. The van der Waals surface area contributed by atoms with Gasteiger partial charge in [0, 0.05) is 40.8 Å². The zero-order chi connectivity index (χ0) is 27.3. The van der Waals surface area contributed by atoms with Gasteiger partial charge in [-0.3, -0.25) is 14.6 Å². The molecule has 6 rings (SSSR count). The second kappa shape index (κ2) is 9.18. The largest absolute Gasteiger partial charge is 0.478 e. The minimum absolute atomic E-state index is 0.00386. The monoisotopic (exact) mass is 516 g/mol. The molecule has 0 radical (unpaired) electrons. The van der Waals surface area contributed by atoms with E-state index in [-0.39, 0.29) is 22.3 Å². The number of benzene rings is 5. The van der Waals surface area contributed by atoms with Gasteiger partial charge in [-0.2, -0.15) is 0 Å².